The van der Waals surface area contributed by atoms with E-state index in [-0.39, 0.29) is 18.2 Å². The number of nitrogens with zero attached hydrogens (tertiary/aromatic N) is 2. The fourth-order valence-electron chi connectivity index (χ4n) is 2.05. The van der Waals surface area contributed by atoms with E-state index in [9.17, 15) is 0 Å². The molecule has 0 amide bonds. The van der Waals surface area contributed by atoms with Gasteiger partial charge in [-0.15, -0.1) is 0 Å². The summed E-state index contributed by atoms with van der Waals surface area (Å²) in [6.45, 7) is 0. The first-order chi connectivity index (χ1) is 8.72. The van der Waals surface area contributed by atoms with Gasteiger partial charge in [0.25, 0.3) is 0 Å². The molecule has 18 heavy (non-hydrogen) atoms. The number of ether oxygens (including phenoxy) is 3. The Labute approximate surface area is 106 Å². The van der Waals surface area contributed by atoms with Crippen LogP contribution >= 0.6 is 0 Å². The highest BCUT2D eigenvalue weighted by Gasteiger charge is 2.24. The molecule has 0 aliphatic heterocycles. The highest BCUT2D eigenvalue weighted by atomic mass is 16.5. The fourth-order valence-corrected chi connectivity index (χ4v) is 2.05. The number of rotatable bonds is 4. The second-order valence-electron chi connectivity index (χ2n) is 4.34. The van der Waals surface area contributed by atoms with Crippen LogP contribution in [0.3, 0.4) is 0 Å². The third kappa shape index (κ3) is 3.01. The Morgan fingerprint density at radius 3 is 2.28 bits per heavy atom. The summed E-state index contributed by atoms with van der Waals surface area (Å²) in [5, 5.41) is 0. The maximum Gasteiger partial charge on any atom is 0.323 e. The third-order valence-electron chi connectivity index (χ3n) is 3.09. The summed E-state index contributed by atoms with van der Waals surface area (Å²) in [4.78, 5) is 8.27. The van der Waals surface area contributed by atoms with Crippen LogP contribution in [0.4, 0.5) is 0 Å². The lowest BCUT2D eigenvalue weighted by atomic mass is 9.93. The first-order valence-electron chi connectivity index (χ1n) is 6.12. The molecular weight excluding hydrogens is 234 g/mol. The first-order valence-corrected chi connectivity index (χ1v) is 6.12. The van der Waals surface area contributed by atoms with Crippen LogP contribution in [0.5, 0.6) is 17.8 Å². The molecule has 2 N–H and O–H groups in total. The normalized spacial score (nSPS) is 23.5. The number of hydrogen-bond donors (Lipinski definition) is 1. The van der Waals surface area contributed by atoms with Crippen LogP contribution in [0.15, 0.2) is 6.07 Å². The molecule has 0 bridgehead atoms. The van der Waals surface area contributed by atoms with Crippen molar-refractivity contribution in [3.8, 4) is 17.8 Å². The maximum atomic E-state index is 6.02. The van der Waals surface area contributed by atoms with Crippen molar-refractivity contribution in [1.82, 2.24) is 9.97 Å². The zero-order valence-electron chi connectivity index (χ0n) is 10.8. The molecular formula is C12H19N3O3. The Morgan fingerprint density at radius 2 is 1.72 bits per heavy atom. The van der Waals surface area contributed by atoms with E-state index < -0.39 is 0 Å². The minimum Gasteiger partial charge on any atom is -0.481 e. The van der Waals surface area contributed by atoms with Gasteiger partial charge in [-0.3, -0.25) is 0 Å². The first kappa shape index (κ1) is 12.9. The van der Waals surface area contributed by atoms with Crippen molar-refractivity contribution in [1.29, 1.82) is 0 Å². The van der Waals surface area contributed by atoms with E-state index in [0.29, 0.717) is 11.8 Å². The zero-order chi connectivity index (χ0) is 13.0. The highest BCUT2D eigenvalue weighted by Crippen LogP contribution is 2.24. The third-order valence-corrected chi connectivity index (χ3v) is 3.09. The van der Waals surface area contributed by atoms with E-state index in [1.165, 1.54) is 14.2 Å². The molecule has 2 atom stereocenters. The van der Waals surface area contributed by atoms with Gasteiger partial charge < -0.3 is 19.9 Å². The standard InChI is InChI=1S/C12H19N3O3/c1-16-10-7-11(17-2)15-12(14-10)18-9-6-4-3-5-8(9)13/h7-9H,3-6,13H2,1-2H3. The summed E-state index contributed by atoms with van der Waals surface area (Å²) >= 11 is 0. The van der Waals surface area contributed by atoms with Crippen LogP contribution in [-0.4, -0.2) is 36.3 Å². The summed E-state index contributed by atoms with van der Waals surface area (Å²) in [6.07, 6.45) is 4.16. The largest absolute Gasteiger partial charge is 0.481 e. The van der Waals surface area contributed by atoms with E-state index in [1.807, 2.05) is 0 Å². The predicted molar refractivity (Wildman–Crippen MR) is 66.0 cm³/mol. The van der Waals surface area contributed by atoms with Crippen LogP contribution in [0.1, 0.15) is 25.7 Å². The second-order valence-corrected chi connectivity index (χ2v) is 4.34. The van der Waals surface area contributed by atoms with E-state index in [0.717, 1.165) is 25.7 Å². The molecule has 0 spiro atoms. The maximum absolute atomic E-state index is 6.02. The zero-order valence-corrected chi connectivity index (χ0v) is 10.8. The number of methoxy groups -OCH3 is 2. The second kappa shape index (κ2) is 5.86. The molecule has 1 aromatic heterocycles. The van der Waals surface area contributed by atoms with Gasteiger partial charge in [0.1, 0.15) is 6.10 Å². The van der Waals surface area contributed by atoms with Gasteiger partial charge in [-0.2, -0.15) is 9.97 Å². The number of nitrogens with two attached hydrogens (primary N) is 1. The Bertz CT molecular complexity index is 378. The molecule has 0 aromatic carbocycles. The van der Waals surface area contributed by atoms with E-state index in [1.54, 1.807) is 6.07 Å². The molecule has 1 aliphatic rings. The Kier molecular flexibility index (Phi) is 4.19. The number of hydrogen-bond acceptors (Lipinski definition) is 6. The van der Waals surface area contributed by atoms with Gasteiger partial charge in [-0.25, -0.2) is 0 Å². The van der Waals surface area contributed by atoms with Crippen molar-refractivity contribution in [2.24, 2.45) is 5.73 Å². The van der Waals surface area contributed by atoms with Gasteiger partial charge in [0.05, 0.1) is 20.3 Å². The van der Waals surface area contributed by atoms with Gasteiger partial charge >= 0.3 is 6.01 Å². The molecule has 2 unspecified atom stereocenters. The predicted octanol–water partition coefficient (Wildman–Crippen LogP) is 1.14. The average Bonchev–Trinajstić information content (AvgIpc) is 2.41. The molecule has 1 heterocycles. The summed E-state index contributed by atoms with van der Waals surface area (Å²) < 4.78 is 15.9. The van der Waals surface area contributed by atoms with Crippen LogP contribution in [0.2, 0.25) is 0 Å². The SMILES string of the molecule is COc1cc(OC)nc(OC2CCCCC2N)n1. The molecule has 1 aliphatic carbocycles. The lowest BCUT2D eigenvalue weighted by Gasteiger charge is -2.28. The molecule has 1 saturated carbocycles. The van der Waals surface area contributed by atoms with E-state index >= 15 is 0 Å². The summed E-state index contributed by atoms with van der Waals surface area (Å²) in [5.41, 5.74) is 6.02. The van der Waals surface area contributed by atoms with E-state index in [4.69, 9.17) is 19.9 Å². The monoisotopic (exact) mass is 253 g/mol. The molecule has 1 aromatic rings. The van der Waals surface area contributed by atoms with Crippen molar-refractivity contribution in [2.75, 3.05) is 14.2 Å². The summed E-state index contributed by atoms with van der Waals surface area (Å²) in [5.74, 6) is 0.836. The Balaban J connectivity index is 2.12. The van der Waals surface area contributed by atoms with Crippen molar-refractivity contribution in [2.45, 2.75) is 37.8 Å². The Hall–Kier alpha value is -1.56. The number of aromatic nitrogens is 2. The molecule has 6 heteroatoms. The van der Waals surface area contributed by atoms with Crippen molar-refractivity contribution < 1.29 is 14.2 Å². The molecule has 2 rings (SSSR count). The van der Waals surface area contributed by atoms with Gasteiger partial charge in [0.2, 0.25) is 11.8 Å². The molecule has 6 nitrogen and oxygen atoms in total. The molecule has 100 valence electrons. The van der Waals surface area contributed by atoms with Crippen LogP contribution in [0, 0.1) is 0 Å². The summed E-state index contributed by atoms with van der Waals surface area (Å²) in [6, 6.07) is 1.90. The lowest BCUT2D eigenvalue weighted by molar-refractivity contribution is 0.118. The highest BCUT2D eigenvalue weighted by molar-refractivity contribution is 5.23. The van der Waals surface area contributed by atoms with Crippen molar-refractivity contribution in [3.05, 3.63) is 6.07 Å². The lowest BCUT2D eigenvalue weighted by Crippen LogP contribution is -2.41. The van der Waals surface area contributed by atoms with Gasteiger partial charge in [-0.05, 0) is 19.3 Å². The molecule has 1 fully saturated rings. The topological polar surface area (TPSA) is 79.5 Å². The van der Waals surface area contributed by atoms with Gasteiger partial charge in [0, 0.05) is 6.04 Å². The minimum absolute atomic E-state index is 0.0319. The van der Waals surface area contributed by atoms with E-state index in [2.05, 4.69) is 9.97 Å². The quantitative estimate of drug-likeness (QED) is 0.866. The van der Waals surface area contributed by atoms with Crippen LogP contribution in [0.25, 0.3) is 0 Å². The average molecular weight is 253 g/mol. The van der Waals surface area contributed by atoms with Crippen molar-refractivity contribution in [3.63, 3.8) is 0 Å². The van der Waals surface area contributed by atoms with Crippen LogP contribution < -0.4 is 19.9 Å². The minimum atomic E-state index is -0.0319. The summed E-state index contributed by atoms with van der Waals surface area (Å²) in [7, 11) is 3.08. The van der Waals surface area contributed by atoms with Crippen molar-refractivity contribution >= 4 is 0 Å². The fraction of sp³-hybridized carbons (Fsp3) is 0.667. The Morgan fingerprint density at radius 1 is 1.11 bits per heavy atom. The van der Waals surface area contributed by atoms with Crippen LogP contribution in [-0.2, 0) is 0 Å². The molecule has 0 radical (unpaired) electrons. The molecule has 0 saturated heterocycles. The smallest absolute Gasteiger partial charge is 0.323 e. The van der Waals surface area contributed by atoms with Gasteiger partial charge in [-0.1, -0.05) is 6.42 Å². The van der Waals surface area contributed by atoms with Gasteiger partial charge in [0.15, 0.2) is 0 Å².